The number of nitrogens with zero attached hydrogens (tertiary/aromatic N) is 2. The van der Waals surface area contributed by atoms with Crippen molar-refractivity contribution >= 4 is 6.09 Å². The first kappa shape index (κ1) is 14.3. The predicted octanol–water partition coefficient (Wildman–Crippen LogP) is 2.80. The molecule has 1 aliphatic rings. The Labute approximate surface area is 115 Å². The molecule has 0 radical (unpaired) electrons. The van der Waals surface area contributed by atoms with E-state index in [0.717, 1.165) is 10.5 Å². The molecule has 20 heavy (non-hydrogen) atoms. The Kier molecular flexibility index (Phi) is 4.18. The van der Waals surface area contributed by atoms with Crippen LogP contribution in [-0.4, -0.2) is 30.0 Å². The van der Waals surface area contributed by atoms with E-state index < -0.39 is 24.4 Å². The highest BCUT2D eigenvalue weighted by Crippen LogP contribution is 2.33. The van der Waals surface area contributed by atoms with Crippen LogP contribution in [0.3, 0.4) is 0 Å². The number of likely N-dealkylation sites (tertiary alicyclic amines) is 1. The molecule has 0 bridgehead atoms. The summed E-state index contributed by atoms with van der Waals surface area (Å²) in [5.74, 6) is -4.51. The molecule has 0 spiro atoms. The van der Waals surface area contributed by atoms with Gasteiger partial charge in [0.05, 0.1) is 6.07 Å². The third kappa shape index (κ3) is 3.23. The van der Waals surface area contributed by atoms with E-state index in [9.17, 15) is 13.6 Å². The molecule has 1 atom stereocenters. The second kappa shape index (κ2) is 5.87. The normalized spacial score (nSPS) is 21.1. The summed E-state index contributed by atoms with van der Waals surface area (Å²) in [6.07, 6.45) is -1.17. The number of amides is 1. The number of carbonyl (C=O) groups is 1. The van der Waals surface area contributed by atoms with Gasteiger partial charge in [-0.1, -0.05) is 30.3 Å². The van der Waals surface area contributed by atoms with Gasteiger partial charge >= 0.3 is 6.09 Å². The Hall–Kier alpha value is -2.16. The van der Waals surface area contributed by atoms with Crippen LogP contribution in [0.25, 0.3) is 0 Å². The van der Waals surface area contributed by atoms with Crippen molar-refractivity contribution in [3.05, 3.63) is 35.9 Å². The first-order valence-electron chi connectivity index (χ1n) is 6.26. The Morgan fingerprint density at radius 3 is 2.80 bits per heavy atom. The van der Waals surface area contributed by atoms with E-state index in [1.807, 2.05) is 18.2 Å². The smallest absolute Gasteiger partial charge is 0.410 e. The summed E-state index contributed by atoms with van der Waals surface area (Å²) in [6, 6.07) is 10.6. The summed E-state index contributed by atoms with van der Waals surface area (Å²) in [5, 5.41) is 8.73. The molecule has 0 saturated carbocycles. The maximum absolute atomic E-state index is 13.4. The minimum absolute atomic E-state index is 0.0871. The number of rotatable bonds is 2. The van der Waals surface area contributed by atoms with E-state index in [0.29, 0.717) is 0 Å². The Morgan fingerprint density at radius 2 is 2.15 bits per heavy atom. The SMILES string of the molecule is N#CC1CN(C(=O)OCc2ccccc2)CCC1(F)F. The van der Waals surface area contributed by atoms with Crippen LogP contribution in [0, 0.1) is 17.2 Å². The summed E-state index contributed by atoms with van der Waals surface area (Å²) in [5.41, 5.74) is 0.819. The minimum Gasteiger partial charge on any atom is -0.445 e. The predicted molar refractivity (Wildman–Crippen MR) is 66.9 cm³/mol. The van der Waals surface area contributed by atoms with Gasteiger partial charge in [0, 0.05) is 19.5 Å². The monoisotopic (exact) mass is 280 g/mol. The van der Waals surface area contributed by atoms with Gasteiger partial charge in [-0.25, -0.2) is 13.6 Å². The fourth-order valence-corrected chi connectivity index (χ4v) is 2.02. The number of piperidine rings is 1. The molecule has 0 aliphatic carbocycles. The molecular weight excluding hydrogens is 266 g/mol. The lowest BCUT2D eigenvalue weighted by atomic mass is 9.95. The van der Waals surface area contributed by atoms with Crippen molar-refractivity contribution in [2.45, 2.75) is 19.0 Å². The van der Waals surface area contributed by atoms with E-state index in [4.69, 9.17) is 10.00 Å². The molecular formula is C14H14F2N2O2. The fourth-order valence-electron chi connectivity index (χ4n) is 2.02. The number of carbonyl (C=O) groups excluding carboxylic acids is 1. The van der Waals surface area contributed by atoms with Gasteiger partial charge in [0.2, 0.25) is 0 Å². The molecule has 1 saturated heterocycles. The zero-order chi connectivity index (χ0) is 14.6. The summed E-state index contributed by atoms with van der Waals surface area (Å²) >= 11 is 0. The topological polar surface area (TPSA) is 53.3 Å². The molecule has 6 heteroatoms. The maximum atomic E-state index is 13.4. The Bertz CT molecular complexity index is 514. The number of halogens is 2. The van der Waals surface area contributed by atoms with Crippen LogP contribution < -0.4 is 0 Å². The first-order valence-corrected chi connectivity index (χ1v) is 6.26. The molecule has 1 amide bonds. The van der Waals surface area contributed by atoms with Crippen LogP contribution in [0.5, 0.6) is 0 Å². The van der Waals surface area contributed by atoms with Gasteiger partial charge in [-0.15, -0.1) is 0 Å². The summed E-state index contributed by atoms with van der Waals surface area (Å²) in [6.45, 7) is -0.306. The molecule has 0 aromatic heterocycles. The third-order valence-corrected chi connectivity index (χ3v) is 3.25. The number of benzene rings is 1. The average Bonchev–Trinajstić information content (AvgIpc) is 2.45. The summed E-state index contributed by atoms with van der Waals surface area (Å²) < 4.78 is 31.8. The fraction of sp³-hybridized carbons (Fsp3) is 0.429. The lowest BCUT2D eigenvalue weighted by Crippen LogP contribution is -2.48. The third-order valence-electron chi connectivity index (χ3n) is 3.25. The number of ether oxygens (including phenoxy) is 1. The van der Waals surface area contributed by atoms with Crippen LogP contribution in [-0.2, 0) is 11.3 Å². The van der Waals surface area contributed by atoms with Gasteiger partial charge in [0.25, 0.3) is 5.92 Å². The van der Waals surface area contributed by atoms with Crippen LogP contribution in [0.15, 0.2) is 30.3 Å². The molecule has 1 aromatic carbocycles. The second-order valence-corrected chi connectivity index (χ2v) is 4.68. The van der Waals surface area contributed by atoms with Crippen molar-refractivity contribution in [2.24, 2.45) is 5.92 Å². The van der Waals surface area contributed by atoms with Crippen LogP contribution >= 0.6 is 0 Å². The zero-order valence-corrected chi connectivity index (χ0v) is 10.8. The molecule has 106 valence electrons. The van der Waals surface area contributed by atoms with Crippen molar-refractivity contribution in [1.82, 2.24) is 4.90 Å². The number of hydrogen-bond donors (Lipinski definition) is 0. The van der Waals surface area contributed by atoms with Gasteiger partial charge in [-0.05, 0) is 5.56 Å². The highest BCUT2D eigenvalue weighted by Gasteiger charge is 2.45. The minimum atomic E-state index is -3.04. The van der Waals surface area contributed by atoms with E-state index in [2.05, 4.69) is 0 Å². The lowest BCUT2D eigenvalue weighted by molar-refractivity contribution is -0.0822. The van der Waals surface area contributed by atoms with Crippen LogP contribution in [0.4, 0.5) is 13.6 Å². The van der Waals surface area contributed by atoms with Crippen molar-refractivity contribution in [1.29, 1.82) is 5.26 Å². The van der Waals surface area contributed by atoms with E-state index in [1.165, 1.54) is 0 Å². The quantitative estimate of drug-likeness (QED) is 0.837. The van der Waals surface area contributed by atoms with Crippen molar-refractivity contribution in [3.63, 3.8) is 0 Å². The first-order chi connectivity index (χ1) is 9.53. The van der Waals surface area contributed by atoms with E-state index >= 15 is 0 Å². The highest BCUT2D eigenvalue weighted by molar-refractivity contribution is 5.67. The largest absolute Gasteiger partial charge is 0.445 e. The Morgan fingerprint density at radius 1 is 1.45 bits per heavy atom. The van der Waals surface area contributed by atoms with E-state index in [-0.39, 0.29) is 19.7 Å². The zero-order valence-electron chi connectivity index (χ0n) is 10.8. The summed E-state index contributed by atoms with van der Waals surface area (Å²) in [4.78, 5) is 13.0. The molecule has 1 aromatic rings. The molecule has 1 fully saturated rings. The number of hydrogen-bond acceptors (Lipinski definition) is 3. The maximum Gasteiger partial charge on any atom is 0.410 e. The van der Waals surface area contributed by atoms with E-state index in [1.54, 1.807) is 18.2 Å². The number of nitriles is 1. The Balaban J connectivity index is 1.89. The highest BCUT2D eigenvalue weighted by atomic mass is 19.3. The molecule has 2 rings (SSSR count). The number of alkyl halides is 2. The van der Waals surface area contributed by atoms with Crippen molar-refractivity contribution in [2.75, 3.05) is 13.1 Å². The van der Waals surface area contributed by atoms with Gasteiger partial charge in [0.1, 0.15) is 12.5 Å². The van der Waals surface area contributed by atoms with Gasteiger partial charge in [-0.2, -0.15) is 5.26 Å². The van der Waals surface area contributed by atoms with Gasteiger partial charge in [-0.3, -0.25) is 0 Å². The molecule has 4 nitrogen and oxygen atoms in total. The van der Waals surface area contributed by atoms with Crippen molar-refractivity contribution in [3.8, 4) is 6.07 Å². The standard InChI is InChI=1S/C14H14F2N2O2/c15-14(16)6-7-18(9-12(14)8-17)13(19)20-10-11-4-2-1-3-5-11/h1-5,12H,6-7,9-10H2. The summed E-state index contributed by atoms with van der Waals surface area (Å²) in [7, 11) is 0. The molecule has 1 unspecified atom stereocenters. The molecule has 1 heterocycles. The van der Waals surface area contributed by atoms with Crippen molar-refractivity contribution < 1.29 is 18.3 Å². The molecule has 1 aliphatic heterocycles. The molecule has 0 N–H and O–H groups in total. The van der Waals surface area contributed by atoms with Crippen LogP contribution in [0.1, 0.15) is 12.0 Å². The second-order valence-electron chi connectivity index (χ2n) is 4.68. The lowest BCUT2D eigenvalue weighted by Gasteiger charge is -2.34. The van der Waals surface area contributed by atoms with Crippen LogP contribution in [0.2, 0.25) is 0 Å². The average molecular weight is 280 g/mol. The van der Waals surface area contributed by atoms with Gasteiger partial charge in [0.15, 0.2) is 0 Å². The van der Waals surface area contributed by atoms with Gasteiger partial charge < -0.3 is 9.64 Å².